The molecule has 8 heteroatoms. The quantitative estimate of drug-likeness (QED) is 0.238. The molecule has 0 aromatic carbocycles. The number of aliphatic hydroxyl groups excluding tert-OH is 2. The molecule has 7 nitrogen and oxygen atoms in total. The molecule has 0 radical (unpaired) electrons. The van der Waals surface area contributed by atoms with Gasteiger partial charge in [-0.05, 0) is 12.0 Å². The van der Waals surface area contributed by atoms with Crippen LogP contribution in [0.3, 0.4) is 0 Å². The molecule has 1 aliphatic rings. The Labute approximate surface area is 122 Å². The van der Waals surface area contributed by atoms with Crippen molar-refractivity contribution in [1.29, 1.82) is 0 Å². The Morgan fingerprint density at radius 2 is 1.90 bits per heavy atom. The van der Waals surface area contributed by atoms with Gasteiger partial charge in [-0.1, -0.05) is 6.92 Å². The molecule has 1 aliphatic heterocycles. The highest BCUT2D eigenvalue weighted by atomic mass is 28.2. The highest BCUT2D eigenvalue weighted by molar-refractivity contribution is 6.27. The van der Waals surface area contributed by atoms with Crippen molar-refractivity contribution in [3.63, 3.8) is 0 Å². The second-order valence-electron chi connectivity index (χ2n) is 4.73. The summed E-state index contributed by atoms with van der Waals surface area (Å²) in [5.41, 5.74) is 0. The molecule has 0 bridgehead atoms. The van der Waals surface area contributed by atoms with Gasteiger partial charge in [0.15, 0.2) is 9.76 Å². The van der Waals surface area contributed by atoms with Crippen LogP contribution in [0.1, 0.15) is 6.92 Å². The van der Waals surface area contributed by atoms with Crippen molar-refractivity contribution in [1.82, 2.24) is 0 Å². The lowest BCUT2D eigenvalue weighted by Crippen LogP contribution is -2.26. The molecule has 1 heterocycles. The van der Waals surface area contributed by atoms with Crippen LogP contribution in [0.2, 0.25) is 6.04 Å². The zero-order valence-electron chi connectivity index (χ0n) is 12.0. The normalized spacial score (nSPS) is 20.1. The van der Waals surface area contributed by atoms with Crippen LogP contribution in [0.25, 0.3) is 0 Å². The molecule has 120 valence electrons. The summed E-state index contributed by atoms with van der Waals surface area (Å²) in [5.74, 6) is 0.428. The van der Waals surface area contributed by atoms with Crippen molar-refractivity contribution in [2.75, 3.05) is 46.2 Å². The summed E-state index contributed by atoms with van der Waals surface area (Å²) in [6.07, 6.45) is 0.304. The number of epoxide rings is 1. The smallest absolute Gasteiger partial charge is 0.261 e. The van der Waals surface area contributed by atoms with Crippen LogP contribution >= 0.6 is 0 Å². The van der Waals surface area contributed by atoms with Crippen LogP contribution in [0.5, 0.6) is 0 Å². The molecule has 0 aromatic rings. The lowest BCUT2D eigenvalue weighted by atomic mass is 10.2. The molecule has 20 heavy (non-hydrogen) atoms. The topological polar surface area (TPSA) is 89.9 Å². The maximum Gasteiger partial charge on any atom is 0.261 e. The van der Waals surface area contributed by atoms with E-state index in [9.17, 15) is 0 Å². The van der Waals surface area contributed by atoms with Crippen LogP contribution in [-0.4, -0.2) is 78.8 Å². The zero-order chi connectivity index (χ0) is 14.6. The third kappa shape index (κ3) is 9.78. The van der Waals surface area contributed by atoms with Crippen LogP contribution < -0.4 is 0 Å². The molecule has 1 saturated heterocycles. The Morgan fingerprint density at radius 1 is 1.25 bits per heavy atom. The summed E-state index contributed by atoms with van der Waals surface area (Å²) in [6, 6.07) is 0.951. The number of ether oxygens (including phenoxy) is 4. The molecule has 1 fully saturated rings. The van der Waals surface area contributed by atoms with E-state index in [1.165, 1.54) is 0 Å². The van der Waals surface area contributed by atoms with E-state index in [1.54, 1.807) is 0 Å². The molecule has 2 atom stereocenters. The molecule has 0 amide bonds. The fourth-order valence-electron chi connectivity index (χ4n) is 1.46. The van der Waals surface area contributed by atoms with Gasteiger partial charge in [0, 0.05) is 6.61 Å². The predicted molar refractivity (Wildman–Crippen MR) is 74.0 cm³/mol. The van der Waals surface area contributed by atoms with Gasteiger partial charge < -0.3 is 33.6 Å². The van der Waals surface area contributed by atoms with Crippen molar-refractivity contribution in [3.05, 3.63) is 0 Å². The summed E-state index contributed by atoms with van der Waals surface area (Å²) in [4.78, 5) is 0. The lowest BCUT2D eigenvalue weighted by Gasteiger charge is -2.19. The summed E-state index contributed by atoms with van der Waals surface area (Å²) < 4.78 is 26.5. The van der Waals surface area contributed by atoms with E-state index in [-0.39, 0.29) is 26.4 Å². The number of hydrogen-bond donors (Lipinski definition) is 2. The fourth-order valence-corrected chi connectivity index (χ4v) is 2.55. The molecule has 2 N–H and O–H groups in total. The van der Waals surface area contributed by atoms with Crippen LogP contribution in [0.4, 0.5) is 0 Å². The Balaban J connectivity index is 2.00. The first-order chi connectivity index (χ1) is 9.76. The Morgan fingerprint density at radius 3 is 2.45 bits per heavy atom. The van der Waals surface area contributed by atoms with Gasteiger partial charge in [-0.15, -0.1) is 0 Å². The first-order valence-corrected chi connectivity index (χ1v) is 8.60. The Hall–Kier alpha value is -0.0631. The molecular weight excluding hydrogens is 284 g/mol. The van der Waals surface area contributed by atoms with Crippen molar-refractivity contribution in [2.24, 2.45) is 5.92 Å². The van der Waals surface area contributed by atoms with Crippen LogP contribution in [-0.2, 0) is 23.4 Å². The van der Waals surface area contributed by atoms with Gasteiger partial charge in [-0.3, -0.25) is 0 Å². The first-order valence-electron chi connectivity index (χ1n) is 7.02. The molecule has 2 unspecified atom stereocenters. The maximum absolute atomic E-state index is 8.70. The number of rotatable bonds is 14. The standard InChI is InChI=1S/C12H26O7Si/c1-10(6-15-7-11-8-18-11)9-20-19-12(16-4-2-13)17-5-3-14/h10-14H,2-9,20H2,1H3. The monoisotopic (exact) mass is 310 g/mol. The van der Waals surface area contributed by atoms with Gasteiger partial charge in [0.25, 0.3) is 6.48 Å². The lowest BCUT2D eigenvalue weighted by molar-refractivity contribution is -0.252. The second kappa shape index (κ2) is 11.6. The summed E-state index contributed by atoms with van der Waals surface area (Å²) in [7, 11) is -0.796. The molecule has 0 saturated carbocycles. The Kier molecular flexibility index (Phi) is 10.4. The minimum Gasteiger partial charge on any atom is -0.394 e. The first kappa shape index (κ1) is 18.0. The molecule has 0 aliphatic carbocycles. The average molecular weight is 310 g/mol. The second-order valence-corrected chi connectivity index (χ2v) is 6.05. The average Bonchev–Trinajstić information content (AvgIpc) is 3.25. The summed E-state index contributed by atoms with van der Waals surface area (Å²) in [6.45, 7) is 3.67. The Bertz CT molecular complexity index is 220. The van der Waals surface area contributed by atoms with Gasteiger partial charge in [0.1, 0.15) is 6.10 Å². The highest BCUT2D eigenvalue weighted by Crippen LogP contribution is 2.11. The molecular formula is C12H26O7Si. The van der Waals surface area contributed by atoms with Crippen LogP contribution in [0.15, 0.2) is 0 Å². The van der Waals surface area contributed by atoms with Gasteiger partial charge >= 0.3 is 0 Å². The summed E-state index contributed by atoms with van der Waals surface area (Å²) >= 11 is 0. The van der Waals surface area contributed by atoms with E-state index >= 15 is 0 Å². The molecule has 0 spiro atoms. The minimum atomic E-state index is -0.796. The van der Waals surface area contributed by atoms with Crippen molar-refractivity contribution < 1.29 is 33.6 Å². The van der Waals surface area contributed by atoms with Crippen molar-refractivity contribution >= 4 is 9.76 Å². The minimum absolute atomic E-state index is 0.0859. The van der Waals surface area contributed by atoms with Gasteiger partial charge in [-0.2, -0.15) is 0 Å². The van der Waals surface area contributed by atoms with E-state index in [0.29, 0.717) is 25.2 Å². The SMILES string of the molecule is CC(COCC1CO1)C[SiH2]OC(OCCO)OCCO. The van der Waals surface area contributed by atoms with Crippen molar-refractivity contribution in [2.45, 2.75) is 25.5 Å². The third-order valence-electron chi connectivity index (χ3n) is 2.66. The fraction of sp³-hybridized carbons (Fsp3) is 1.00. The predicted octanol–water partition coefficient (Wildman–Crippen LogP) is -1.14. The van der Waals surface area contributed by atoms with Gasteiger partial charge in [0.2, 0.25) is 0 Å². The van der Waals surface area contributed by atoms with Gasteiger partial charge in [-0.25, -0.2) is 0 Å². The molecule has 0 aromatic heterocycles. The van der Waals surface area contributed by atoms with E-state index in [0.717, 1.165) is 12.7 Å². The molecule has 1 rings (SSSR count). The number of hydrogen-bond acceptors (Lipinski definition) is 7. The van der Waals surface area contributed by atoms with Crippen LogP contribution in [0, 0.1) is 5.92 Å². The largest absolute Gasteiger partial charge is 0.394 e. The van der Waals surface area contributed by atoms with E-state index < -0.39 is 16.2 Å². The highest BCUT2D eigenvalue weighted by Gasteiger charge is 2.22. The maximum atomic E-state index is 8.70. The van der Waals surface area contributed by atoms with E-state index in [4.69, 9.17) is 33.6 Å². The third-order valence-corrected chi connectivity index (χ3v) is 4.39. The zero-order valence-corrected chi connectivity index (χ0v) is 13.4. The van der Waals surface area contributed by atoms with E-state index in [2.05, 4.69) is 6.92 Å². The van der Waals surface area contributed by atoms with Gasteiger partial charge in [0.05, 0.1) is 39.6 Å². The number of aliphatic hydroxyl groups is 2. The van der Waals surface area contributed by atoms with Crippen molar-refractivity contribution in [3.8, 4) is 0 Å². The summed E-state index contributed by atoms with van der Waals surface area (Å²) in [5, 5.41) is 17.4. The van der Waals surface area contributed by atoms with E-state index in [1.807, 2.05) is 0 Å².